The fraction of sp³-hybridized carbons (Fsp3) is 0.188. The first-order valence-corrected chi connectivity index (χ1v) is 7.91. The summed E-state index contributed by atoms with van der Waals surface area (Å²) in [5, 5.41) is 3.32. The summed E-state index contributed by atoms with van der Waals surface area (Å²) in [5.41, 5.74) is 1.14. The molecule has 0 unspecified atom stereocenters. The summed E-state index contributed by atoms with van der Waals surface area (Å²) in [6.45, 7) is 0.0734. The first-order valence-electron chi connectivity index (χ1n) is 6.65. The first kappa shape index (κ1) is 17.6. The molecule has 3 nitrogen and oxygen atoms in total. The molecular weight excluding hydrogens is 344 g/mol. The number of thioether (sulfide) groups is 1. The van der Waals surface area contributed by atoms with Crippen molar-refractivity contribution >= 4 is 34.8 Å². The van der Waals surface area contributed by atoms with E-state index in [-0.39, 0.29) is 12.3 Å². The molecule has 0 amide bonds. The minimum atomic E-state index is -2.45. The van der Waals surface area contributed by atoms with Crippen molar-refractivity contribution in [1.82, 2.24) is 0 Å². The Morgan fingerprint density at radius 3 is 2.52 bits per heavy atom. The van der Waals surface area contributed by atoms with Crippen molar-refractivity contribution in [3.05, 3.63) is 53.1 Å². The van der Waals surface area contributed by atoms with E-state index in [1.165, 1.54) is 7.11 Å². The Labute approximate surface area is 142 Å². The maximum Gasteiger partial charge on any atom is 0.288 e. The summed E-state index contributed by atoms with van der Waals surface area (Å²) in [5.74, 6) is -2.08. The van der Waals surface area contributed by atoms with E-state index in [0.29, 0.717) is 38.7 Å². The van der Waals surface area contributed by atoms with E-state index in [0.717, 1.165) is 0 Å². The lowest BCUT2D eigenvalue weighted by molar-refractivity contribution is 0.101. The average molecular weight is 358 g/mol. The van der Waals surface area contributed by atoms with Gasteiger partial charge in [0.25, 0.3) is 5.76 Å². The molecule has 0 aliphatic rings. The molecule has 0 atom stereocenters. The van der Waals surface area contributed by atoms with Gasteiger partial charge in [0.2, 0.25) is 0 Å². The van der Waals surface area contributed by atoms with Gasteiger partial charge < -0.3 is 10.1 Å². The van der Waals surface area contributed by atoms with E-state index >= 15 is 0 Å². The van der Waals surface area contributed by atoms with Crippen molar-refractivity contribution in [1.29, 1.82) is 0 Å². The molecule has 0 aliphatic heterocycles. The van der Waals surface area contributed by atoms with Gasteiger partial charge in [0.1, 0.15) is 5.75 Å². The molecule has 1 N–H and O–H groups in total. The minimum absolute atomic E-state index is 0.0734. The molecule has 0 saturated heterocycles. The molecule has 0 aromatic heterocycles. The third-order valence-corrected chi connectivity index (χ3v) is 4.02. The maximum absolute atomic E-state index is 12.2. The highest BCUT2D eigenvalue weighted by molar-refractivity contribution is 7.99. The third kappa shape index (κ3) is 5.11. The number of ether oxygens (including phenoxy) is 1. The normalized spacial score (nSPS) is 10.7. The second kappa shape index (κ2) is 8.17. The predicted molar refractivity (Wildman–Crippen MR) is 89.1 cm³/mol. The van der Waals surface area contributed by atoms with Gasteiger partial charge in [0.05, 0.1) is 18.7 Å². The fourth-order valence-electron chi connectivity index (χ4n) is 1.88. The minimum Gasteiger partial charge on any atom is -0.495 e. The van der Waals surface area contributed by atoms with E-state index in [4.69, 9.17) is 16.3 Å². The SMILES string of the molecule is COc1ccc(C(=O)CNc2ccc(SC(F)F)cc2)cc1Cl. The molecule has 2 aromatic carbocycles. The fourth-order valence-corrected chi connectivity index (χ4v) is 2.64. The van der Waals surface area contributed by atoms with Crippen LogP contribution in [-0.4, -0.2) is 25.2 Å². The highest BCUT2D eigenvalue weighted by atomic mass is 35.5. The molecule has 0 bridgehead atoms. The van der Waals surface area contributed by atoms with Gasteiger partial charge in [-0.15, -0.1) is 0 Å². The number of benzene rings is 2. The van der Waals surface area contributed by atoms with Crippen molar-refractivity contribution in [3.63, 3.8) is 0 Å². The van der Waals surface area contributed by atoms with Crippen LogP contribution in [0.15, 0.2) is 47.4 Å². The number of rotatable bonds is 7. The lowest BCUT2D eigenvalue weighted by Crippen LogP contribution is -2.14. The molecule has 0 fully saturated rings. The summed E-state index contributed by atoms with van der Waals surface area (Å²) in [4.78, 5) is 12.6. The average Bonchev–Trinajstić information content (AvgIpc) is 2.53. The van der Waals surface area contributed by atoms with Gasteiger partial charge in [0, 0.05) is 16.1 Å². The predicted octanol–water partition coefficient (Wildman–Crippen LogP) is 4.96. The van der Waals surface area contributed by atoms with Crippen molar-refractivity contribution in [2.75, 3.05) is 19.0 Å². The zero-order valence-corrected chi connectivity index (χ0v) is 13.8. The molecule has 0 heterocycles. The number of halogens is 3. The van der Waals surface area contributed by atoms with Gasteiger partial charge in [0.15, 0.2) is 5.78 Å². The lowest BCUT2D eigenvalue weighted by atomic mass is 10.1. The number of ketones is 1. The van der Waals surface area contributed by atoms with Gasteiger partial charge >= 0.3 is 0 Å². The number of Topliss-reactive ketones (excluding diaryl/α,β-unsaturated/α-hetero) is 1. The standard InChI is InChI=1S/C16H14ClF2NO2S/c1-22-15-7-2-10(8-13(15)17)14(21)9-20-11-3-5-12(6-4-11)23-16(18)19/h2-8,16,20H,9H2,1H3. The lowest BCUT2D eigenvalue weighted by Gasteiger charge is -2.08. The van der Waals surface area contributed by atoms with Crippen LogP contribution in [0.2, 0.25) is 5.02 Å². The molecule has 0 spiro atoms. The van der Waals surface area contributed by atoms with Crippen LogP contribution in [0.3, 0.4) is 0 Å². The number of alkyl halides is 2. The summed E-state index contributed by atoms with van der Waals surface area (Å²) in [7, 11) is 1.50. The number of methoxy groups -OCH3 is 1. The molecule has 0 radical (unpaired) electrons. The second-order valence-electron chi connectivity index (χ2n) is 4.53. The number of hydrogen-bond donors (Lipinski definition) is 1. The van der Waals surface area contributed by atoms with E-state index < -0.39 is 5.76 Å². The van der Waals surface area contributed by atoms with Crippen LogP contribution in [0.1, 0.15) is 10.4 Å². The van der Waals surface area contributed by atoms with Crippen molar-refractivity contribution in [3.8, 4) is 5.75 Å². The Morgan fingerprint density at radius 1 is 1.26 bits per heavy atom. The van der Waals surface area contributed by atoms with Gasteiger partial charge in [-0.1, -0.05) is 23.4 Å². The summed E-state index contributed by atoms with van der Waals surface area (Å²) < 4.78 is 29.5. The van der Waals surface area contributed by atoms with Crippen LogP contribution in [-0.2, 0) is 0 Å². The van der Waals surface area contributed by atoms with E-state index in [9.17, 15) is 13.6 Å². The van der Waals surface area contributed by atoms with Crippen LogP contribution in [0.4, 0.5) is 14.5 Å². The highest BCUT2D eigenvalue weighted by Crippen LogP contribution is 2.27. The Balaban J connectivity index is 1.95. The Bertz CT molecular complexity index is 680. The van der Waals surface area contributed by atoms with Gasteiger partial charge in [-0.3, -0.25) is 4.79 Å². The quantitative estimate of drug-likeness (QED) is 0.561. The Hall–Kier alpha value is -1.79. The number of hydrogen-bond acceptors (Lipinski definition) is 4. The van der Waals surface area contributed by atoms with E-state index in [1.807, 2.05) is 0 Å². The molecule has 122 valence electrons. The Kier molecular flexibility index (Phi) is 6.24. The molecule has 2 aromatic rings. The van der Waals surface area contributed by atoms with Crippen LogP contribution >= 0.6 is 23.4 Å². The molecule has 0 saturated carbocycles. The Morgan fingerprint density at radius 2 is 1.96 bits per heavy atom. The molecule has 7 heteroatoms. The smallest absolute Gasteiger partial charge is 0.288 e. The topological polar surface area (TPSA) is 38.3 Å². The van der Waals surface area contributed by atoms with Crippen molar-refractivity contribution in [2.24, 2.45) is 0 Å². The molecule has 0 aliphatic carbocycles. The maximum atomic E-state index is 12.2. The zero-order valence-electron chi connectivity index (χ0n) is 12.2. The zero-order chi connectivity index (χ0) is 16.8. The summed E-state index contributed by atoms with van der Waals surface area (Å²) in [6, 6.07) is 11.3. The van der Waals surface area contributed by atoms with Crippen LogP contribution < -0.4 is 10.1 Å². The van der Waals surface area contributed by atoms with Crippen LogP contribution in [0.25, 0.3) is 0 Å². The second-order valence-corrected chi connectivity index (χ2v) is 6.00. The van der Waals surface area contributed by atoms with Crippen LogP contribution in [0, 0.1) is 0 Å². The number of carbonyl (C=O) groups is 1. The van der Waals surface area contributed by atoms with E-state index in [1.54, 1.807) is 42.5 Å². The monoisotopic (exact) mass is 357 g/mol. The number of carbonyl (C=O) groups excluding carboxylic acids is 1. The molecular formula is C16H14ClF2NO2S. The number of anilines is 1. The van der Waals surface area contributed by atoms with Gasteiger partial charge in [-0.25, -0.2) is 0 Å². The summed E-state index contributed by atoms with van der Waals surface area (Å²) in [6.07, 6.45) is 0. The summed E-state index contributed by atoms with van der Waals surface area (Å²) >= 11 is 6.47. The van der Waals surface area contributed by atoms with Gasteiger partial charge in [-0.2, -0.15) is 8.78 Å². The molecule has 2 rings (SSSR count). The van der Waals surface area contributed by atoms with Crippen molar-refractivity contribution in [2.45, 2.75) is 10.7 Å². The van der Waals surface area contributed by atoms with Crippen molar-refractivity contribution < 1.29 is 18.3 Å². The largest absolute Gasteiger partial charge is 0.495 e. The van der Waals surface area contributed by atoms with E-state index in [2.05, 4.69) is 5.32 Å². The first-order chi connectivity index (χ1) is 11.0. The number of nitrogens with one attached hydrogen (secondary N) is 1. The van der Waals surface area contributed by atoms with Gasteiger partial charge in [-0.05, 0) is 42.5 Å². The third-order valence-electron chi connectivity index (χ3n) is 3.01. The van der Waals surface area contributed by atoms with Crippen LogP contribution in [0.5, 0.6) is 5.75 Å². The molecule has 23 heavy (non-hydrogen) atoms. The highest BCUT2D eigenvalue weighted by Gasteiger charge is 2.09.